The van der Waals surface area contributed by atoms with Gasteiger partial charge in [-0.2, -0.15) is 0 Å². The second-order valence-corrected chi connectivity index (χ2v) is 5.72. The highest BCUT2D eigenvalue weighted by Gasteiger charge is 2.15. The molecule has 0 spiro atoms. The van der Waals surface area contributed by atoms with E-state index >= 15 is 0 Å². The first-order valence-electron chi connectivity index (χ1n) is 7.08. The van der Waals surface area contributed by atoms with Gasteiger partial charge in [0.05, 0.1) is 0 Å². The van der Waals surface area contributed by atoms with Gasteiger partial charge in [0.1, 0.15) is 0 Å². The van der Waals surface area contributed by atoms with Crippen LogP contribution in [0.15, 0.2) is 12.1 Å². The molecule has 2 heteroatoms. The Bertz CT molecular complexity index is 406. The van der Waals surface area contributed by atoms with Crippen LogP contribution in [0.5, 0.6) is 0 Å². The van der Waals surface area contributed by atoms with Crippen LogP contribution in [-0.2, 0) is 0 Å². The lowest BCUT2D eigenvalue weighted by Crippen LogP contribution is -2.23. The molecular weight excluding hydrogens is 220 g/mol. The molecule has 0 amide bonds. The second kappa shape index (κ2) is 5.75. The van der Waals surface area contributed by atoms with Gasteiger partial charge in [-0.05, 0) is 75.4 Å². The first kappa shape index (κ1) is 13.4. The molecule has 1 aliphatic heterocycles. The van der Waals surface area contributed by atoms with Crippen molar-refractivity contribution in [1.82, 2.24) is 5.32 Å². The number of rotatable bonds is 4. The SMILES string of the molecule is Cc1ccc(N(C)CCC2CCNC2)c(C)c1C. The van der Waals surface area contributed by atoms with Crippen LogP contribution >= 0.6 is 0 Å². The number of nitrogens with one attached hydrogen (secondary N) is 1. The fourth-order valence-corrected chi connectivity index (χ4v) is 2.81. The standard InChI is InChI=1S/C16H26N2/c1-12-5-6-16(14(3)13(12)2)18(4)10-8-15-7-9-17-11-15/h5-6,15,17H,7-11H2,1-4H3. The van der Waals surface area contributed by atoms with Gasteiger partial charge in [-0.25, -0.2) is 0 Å². The zero-order valence-corrected chi connectivity index (χ0v) is 12.2. The Balaban J connectivity index is 1.99. The Hall–Kier alpha value is -1.02. The van der Waals surface area contributed by atoms with Gasteiger partial charge < -0.3 is 10.2 Å². The lowest BCUT2D eigenvalue weighted by atomic mass is 10.0. The summed E-state index contributed by atoms with van der Waals surface area (Å²) in [6.07, 6.45) is 2.65. The summed E-state index contributed by atoms with van der Waals surface area (Å²) in [6.45, 7) is 10.2. The van der Waals surface area contributed by atoms with Crippen molar-refractivity contribution in [3.8, 4) is 0 Å². The number of hydrogen-bond donors (Lipinski definition) is 1. The maximum absolute atomic E-state index is 3.45. The van der Waals surface area contributed by atoms with Crippen LogP contribution in [0.1, 0.15) is 29.5 Å². The third-order valence-electron chi connectivity index (χ3n) is 4.48. The van der Waals surface area contributed by atoms with Crippen LogP contribution in [0.25, 0.3) is 0 Å². The van der Waals surface area contributed by atoms with Crippen molar-refractivity contribution in [1.29, 1.82) is 0 Å². The van der Waals surface area contributed by atoms with Crippen molar-refractivity contribution in [3.05, 3.63) is 28.8 Å². The fraction of sp³-hybridized carbons (Fsp3) is 0.625. The average Bonchev–Trinajstić information content (AvgIpc) is 2.86. The predicted octanol–water partition coefficient (Wildman–Crippen LogP) is 3.05. The lowest BCUT2D eigenvalue weighted by Gasteiger charge is -2.24. The van der Waals surface area contributed by atoms with E-state index in [1.165, 1.54) is 48.3 Å². The number of anilines is 1. The van der Waals surface area contributed by atoms with Crippen molar-refractivity contribution in [3.63, 3.8) is 0 Å². The number of aryl methyl sites for hydroxylation is 1. The van der Waals surface area contributed by atoms with Gasteiger partial charge in [0.15, 0.2) is 0 Å². The first-order chi connectivity index (χ1) is 8.59. The molecule has 1 heterocycles. The Morgan fingerprint density at radius 2 is 2.00 bits per heavy atom. The van der Waals surface area contributed by atoms with E-state index in [4.69, 9.17) is 0 Å². The third kappa shape index (κ3) is 2.86. The molecule has 0 saturated carbocycles. The molecule has 0 bridgehead atoms. The van der Waals surface area contributed by atoms with Crippen LogP contribution in [0, 0.1) is 26.7 Å². The van der Waals surface area contributed by atoms with E-state index in [9.17, 15) is 0 Å². The third-order valence-corrected chi connectivity index (χ3v) is 4.48. The van der Waals surface area contributed by atoms with Crippen molar-refractivity contribution >= 4 is 5.69 Å². The minimum absolute atomic E-state index is 0.874. The zero-order chi connectivity index (χ0) is 13.1. The summed E-state index contributed by atoms with van der Waals surface area (Å²) >= 11 is 0. The molecule has 1 unspecified atom stereocenters. The Morgan fingerprint density at radius 3 is 2.67 bits per heavy atom. The summed E-state index contributed by atoms with van der Waals surface area (Å²) < 4.78 is 0. The van der Waals surface area contributed by atoms with Crippen molar-refractivity contribution in [2.75, 3.05) is 31.6 Å². The van der Waals surface area contributed by atoms with Crippen molar-refractivity contribution in [2.45, 2.75) is 33.6 Å². The van der Waals surface area contributed by atoms with Crippen LogP contribution in [0.4, 0.5) is 5.69 Å². The van der Waals surface area contributed by atoms with Gasteiger partial charge >= 0.3 is 0 Å². The molecule has 0 aromatic heterocycles. The lowest BCUT2D eigenvalue weighted by molar-refractivity contribution is 0.533. The van der Waals surface area contributed by atoms with Gasteiger partial charge in [0.2, 0.25) is 0 Å². The molecular formula is C16H26N2. The number of nitrogens with zero attached hydrogens (tertiary/aromatic N) is 1. The van der Waals surface area contributed by atoms with Crippen molar-refractivity contribution in [2.24, 2.45) is 5.92 Å². The zero-order valence-electron chi connectivity index (χ0n) is 12.2. The summed E-state index contributed by atoms with van der Waals surface area (Å²) in [7, 11) is 2.22. The van der Waals surface area contributed by atoms with E-state index in [0.29, 0.717) is 0 Å². The molecule has 100 valence electrons. The minimum atomic E-state index is 0.874. The summed E-state index contributed by atoms with van der Waals surface area (Å²) in [6, 6.07) is 4.51. The average molecular weight is 246 g/mol. The van der Waals surface area contributed by atoms with Crippen LogP contribution < -0.4 is 10.2 Å². The highest BCUT2D eigenvalue weighted by Crippen LogP contribution is 2.25. The summed E-state index contributed by atoms with van der Waals surface area (Å²) in [5.41, 5.74) is 5.65. The molecule has 1 fully saturated rings. The molecule has 1 atom stereocenters. The largest absolute Gasteiger partial charge is 0.374 e. The van der Waals surface area contributed by atoms with E-state index in [2.05, 4.69) is 50.2 Å². The van der Waals surface area contributed by atoms with E-state index in [1.807, 2.05) is 0 Å². The normalized spacial score (nSPS) is 19.2. The minimum Gasteiger partial charge on any atom is -0.374 e. The maximum atomic E-state index is 3.45. The van der Waals surface area contributed by atoms with E-state index in [0.717, 1.165) is 12.5 Å². The summed E-state index contributed by atoms with van der Waals surface area (Å²) in [5, 5.41) is 3.45. The molecule has 1 N–H and O–H groups in total. The number of hydrogen-bond acceptors (Lipinski definition) is 2. The smallest absolute Gasteiger partial charge is 0.0396 e. The molecule has 1 aromatic rings. The molecule has 2 rings (SSSR count). The number of benzene rings is 1. The van der Waals surface area contributed by atoms with Crippen LogP contribution in [0.2, 0.25) is 0 Å². The molecule has 0 radical (unpaired) electrons. The van der Waals surface area contributed by atoms with Crippen molar-refractivity contribution < 1.29 is 0 Å². The Kier molecular flexibility index (Phi) is 4.28. The molecule has 0 aliphatic carbocycles. The monoisotopic (exact) mass is 246 g/mol. The molecule has 1 aliphatic rings. The highest BCUT2D eigenvalue weighted by molar-refractivity contribution is 5.57. The second-order valence-electron chi connectivity index (χ2n) is 5.72. The summed E-state index contributed by atoms with van der Waals surface area (Å²) in [4.78, 5) is 2.42. The van der Waals surface area contributed by atoms with E-state index < -0.39 is 0 Å². The molecule has 1 aromatic carbocycles. The van der Waals surface area contributed by atoms with Crippen LogP contribution in [-0.4, -0.2) is 26.7 Å². The Labute approximate surface area is 111 Å². The highest BCUT2D eigenvalue weighted by atomic mass is 15.1. The molecule has 2 nitrogen and oxygen atoms in total. The predicted molar refractivity (Wildman–Crippen MR) is 79.5 cm³/mol. The molecule has 1 saturated heterocycles. The summed E-state index contributed by atoms with van der Waals surface area (Å²) in [5.74, 6) is 0.874. The van der Waals surface area contributed by atoms with E-state index in [1.54, 1.807) is 0 Å². The fourth-order valence-electron chi connectivity index (χ4n) is 2.81. The van der Waals surface area contributed by atoms with Gasteiger partial charge in [0.25, 0.3) is 0 Å². The topological polar surface area (TPSA) is 15.3 Å². The Morgan fingerprint density at radius 1 is 1.22 bits per heavy atom. The van der Waals surface area contributed by atoms with E-state index in [-0.39, 0.29) is 0 Å². The quantitative estimate of drug-likeness (QED) is 0.878. The molecule has 18 heavy (non-hydrogen) atoms. The van der Waals surface area contributed by atoms with Gasteiger partial charge in [-0.1, -0.05) is 6.07 Å². The van der Waals surface area contributed by atoms with Crippen LogP contribution in [0.3, 0.4) is 0 Å². The van der Waals surface area contributed by atoms with Gasteiger partial charge in [-0.3, -0.25) is 0 Å². The maximum Gasteiger partial charge on any atom is 0.0396 e. The first-order valence-corrected chi connectivity index (χ1v) is 7.08. The van der Waals surface area contributed by atoms with Gasteiger partial charge in [-0.15, -0.1) is 0 Å². The van der Waals surface area contributed by atoms with Gasteiger partial charge in [0, 0.05) is 19.3 Å².